The highest BCUT2D eigenvalue weighted by atomic mass is 14.4. The molecule has 0 N–H and O–H groups in total. The average molecular weight is 413 g/mol. The lowest BCUT2D eigenvalue weighted by molar-refractivity contribution is 0.143. The van der Waals surface area contributed by atoms with Crippen LogP contribution >= 0.6 is 0 Å². The zero-order valence-corrected chi connectivity index (χ0v) is 20.3. The van der Waals surface area contributed by atoms with E-state index in [0.29, 0.717) is 0 Å². The molecule has 2 unspecified atom stereocenters. The predicted molar refractivity (Wildman–Crippen MR) is 132 cm³/mol. The molecule has 4 rings (SSSR count). The summed E-state index contributed by atoms with van der Waals surface area (Å²) in [6, 6.07) is 0. The summed E-state index contributed by atoms with van der Waals surface area (Å²) in [5.74, 6) is 8.43. The number of allylic oxidation sites excluding steroid dienone is 1. The van der Waals surface area contributed by atoms with Gasteiger partial charge < -0.3 is 0 Å². The Balaban J connectivity index is 1.08. The van der Waals surface area contributed by atoms with Crippen LogP contribution in [0.25, 0.3) is 0 Å². The van der Waals surface area contributed by atoms with Crippen LogP contribution in [0.15, 0.2) is 12.7 Å². The van der Waals surface area contributed by atoms with Gasteiger partial charge in [0.05, 0.1) is 0 Å². The Kier molecular flexibility index (Phi) is 8.83. The quantitative estimate of drug-likeness (QED) is 0.348. The van der Waals surface area contributed by atoms with E-state index in [2.05, 4.69) is 19.6 Å². The topological polar surface area (TPSA) is 0 Å². The molecule has 0 heterocycles. The van der Waals surface area contributed by atoms with E-state index in [-0.39, 0.29) is 0 Å². The first-order valence-electron chi connectivity index (χ1n) is 14.4. The molecule has 0 aromatic carbocycles. The van der Waals surface area contributed by atoms with Crippen molar-refractivity contribution in [1.29, 1.82) is 0 Å². The zero-order chi connectivity index (χ0) is 20.8. The number of rotatable bonds is 8. The van der Waals surface area contributed by atoms with Gasteiger partial charge in [-0.2, -0.15) is 0 Å². The average Bonchev–Trinajstić information content (AvgIpc) is 3.27. The van der Waals surface area contributed by atoms with Gasteiger partial charge in [0.15, 0.2) is 0 Å². The second-order valence-electron chi connectivity index (χ2n) is 12.3. The van der Waals surface area contributed by atoms with Crippen LogP contribution in [-0.2, 0) is 0 Å². The van der Waals surface area contributed by atoms with Crippen molar-refractivity contribution in [3.8, 4) is 0 Å². The third-order valence-electron chi connectivity index (χ3n) is 10.5. The molecule has 0 heteroatoms. The van der Waals surface area contributed by atoms with Crippen molar-refractivity contribution in [3.05, 3.63) is 12.7 Å². The predicted octanol–water partition coefficient (Wildman–Crippen LogP) is 9.59. The Labute approximate surface area is 189 Å². The lowest BCUT2D eigenvalue weighted by atomic mass is 9.68. The molecule has 4 aliphatic rings. The van der Waals surface area contributed by atoms with Gasteiger partial charge in [0, 0.05) is 0 Å². The molecule has 0 saturated heterocycles. The molecular weight excluding hydrogens is 360 g/mol. The lowest BCUT2D eigenvalue weighted by Crippen LogP contribution is -2.26. The van der Waals surface area contributed by atoms with E-state index in [1.54, 1.807) is 83.5 Å². The second-order valence-corrected chi connectivity index (χ2v) is 12.3. The minimum atomic E-state index is 0.833. The Bertz CT molecular complexity index is 482. The molecule has 30 heavy (non-hydrogen) atoms. The van der Waals surface area contributed by atoms with Gasteiger partial charge in [-0.15, -0.1) is 6.58 Å². The first kappa shape index (κ1) is 22.9. The summed E-state index contributed by atoms with van der Waals surface area (Å²) in [7, 11) is 0. The summed E-state index contributed by atoms with van der Waals surface area (Å²) in [6.07, 6.45) is 31.3. The van der Waals surface area contributed by atoms with Crippen LogP contribution in [0.3, 0.4) is 0 Å². The largest absolute Gasteiger partial charge is 0.103 e. The molecule has 0 amide bonds. The Morgan fingerprint density at radius 2 is 0.967 bits per heavy atom. The van der Waals surface area contributed by atoms with E-state index >= 15 is 0 Å². The standard InChI is InChI=1S/C30H52/c1-3-5-26-14-21-30(22-26)29-19-12-25(13-20-29)7-6-24-10-17-28(18-11-24)27-15-8-23(4-2)9-16-27/h4,23-30H,2-3,5-22H2,1H3. The van der Waals surface area contributed by atoms with E-state index in [1.165, 1.54) is 38.5 Å². The molecule has 0 bridgehead atoms. The molecule has 0 radical (unpaired) electrons. The van der Waals surface area contributed by atoms with Crippen molar-refractivity contribution < 1.29 is 0 Å². The molecule has 4 fully saturated rings. The van der Waals surface area contributed by atoms with Crippen LogP contribution in [0, 0.1) is 47.3 Å². The van der Waals surface area contributed by atoms with Crippen molar-refractivity contribution in [1.82, 2.24) is 0 Å². The highest BCUT2D eigenvalue weighted by Gasteiger charge is 2.34. The fourth-order valence-corrected chi connectivity index (χ4v) is 8.43. The van der Waals surface area contributed by atoms with Crippen molar-refractivity contribution >= 4 is 0 Å². The number of hydrogen-bond donors (Lipinski definition) is 0. The molecule has 0 aromatic rings. The van der Waals surface area contributed by atoms with Crippen LogP contribution in [0.1, 0.15) is 129 Å². The van der Waals surface area contributed by atoms with Gasteiger partial charge in [-0.25, -0.2) is 0 Å². The first-order valence-corrected chi connectivity index (χ1v) is 14.4. The maximum absolute atomic E-state index is 4.02. The molecular formula is C30H52. The SMILES string of the molecule is C=CC1CCC(C2CCC(CCC3CCC(C4CCC(CCC)C4)CC3)CC2)CC1. The Morgan fingerprint density at radius 3 is 1.47 bits per heavy atom. The number of hydrogen-bond acceptors (Lipinski definition) is 0. The Morgan fingerprint density at radius 1 is 0.533 bits per heavy atom. The van der Waals surface area contributed by atoms with Crippen LogP contribution in [0.2, 0.25) is 0 Å². The molecule has 4 saturated carbocycles. The van der Waals surface area contributed by atoms with Gasteiger partial charge in [0.2, 0.25) is 0 Å². The van der Waals surface area contributed by atoms with Crippen molar-refractivity contribution in [2.45, 2.75) is 129 Å². The van der Waals surface area contributed by atoms with Crippen LogP contribution in [-0.4, -0.2) is 0 Å². The van der Waals surface area contributed by atoms with Crippen LogP contribution < -0.4 is 0 Å². The molecule has 0 spiro atoms. The van der Waals surface area contributed by atoms with E-state index < -0.39 is 0 Å². The molecule has 2 atom stereocenters. The highest BCUT2D eigenvalue weighted by molar-refractivity contribution is 4.88. The third kappa shape index (κ3) is 6.16. The van der Waals surface area contributed by atoms with Crippen molar-refractivity contribution in [2.24, 2.45) is 47.3 Å². The molecule has 4 aliphatic carbocycles. The van der Waals surface area contributed by atoms with Crippen molar-refractivity contribution in [2.75, 3.05) is 0 Å². The summed E-state index contributed by atoms with van der Waals surface area (Å²) in [5.41, 5.74) is 0. The van der Waals surface area contributed by atoms with Crippen LogP contribution in [0.5, 0.6) is 0 Å². The van der Waals surface area contributed by atoms with Gasteiger partial charge >= 0.3 is 0 Å². The van der Waals surface area contributed by atoms with Gasteiger partial charge in [-0.1, -0.05) is 70.8 Å². The zero-order valence-electron chi connectivity index (χ0n) is 20.3. The summed E-state index contributed by atoms with van der Waals surface area (Å²) in [4.78, 5) is 0. The van der Waals surface area contributed by atoms with E-state index in [9.17, 15) is 0 Å². The molecule has 172 valence electrons. The molecule has 0 aromatic heterocycles. The van der Waals surface area contributed by atoms with E-state index in [1.807, 2.05) is 0 Å². The summed E-state index contributed by atoms with van der Waals surface area (Å²) < 4.78 is 0. The highest BCUT2D eigenvalue weighted by Crippen LogP contribution is 2.46. The fourth-order valence-electron chi connectivity index (χ4n) is 8.43. The normalized spacial score (nSPS) is 42.8. The lowest BCUT2D eigenvalue weighted by Gasteiger charge is -2.38. The van der Waals surface area contributed by atoms with Gasteiger partial charge in [-0.3, -0.25) is 0 Å². The third-order valence-corrected chi connectivity index (χ3v) is 10.5. The van der Waals surface area contributed by atoms with Crippen molar-refractivity contribution in [3.63, 3.8) is 0 Å². The van der Waals surface area contributed by atoms with Gasteiger partial charge in [0.1, 0.15) is 0 Å². The van der Waals surface area contributed by atoms with Crippen LogP contribution in [0.4, 0.5) is 0 Å². The Hall–Kier alpha value is -0.260. The summed E-state index contributed by atoms with van der Waals surface area (Å²) in [5, 5.41) is 0. The fraction of sp³-hybridized carbons (Fsp3) is 0.933. The minimum absolute atomic E-state index is 0.833. The first-order chi connectivity index (χ1) is 14.7. The maximum Gasteiger partial charge on any atom is -0.0236 e. The summed E-state index contributed by atoms with van der Waals surface area (Å²) in [6.45, 7) is 6.40. The van der Waals surface area contributed by atoms with Gasteiger partial charge in [0.25, 0.3) is 0 Å². The second kappa shape index (κ2) is 11.6. The maximum atomic E-state index is 4.02. The minimum Gasteiger partial charge on any atom is -0.103 e. The molecule has 0 aliphatic heterocycles. The monoisotopic (exact) mass is 412 g/mol. The summed E-state index contributed by atoms with van der Waals surface area (Å²) >= 11 is 0. The van der Waals surface area contributed by atoms with Gasteiger partial charge in [-0.05, 0) is 112 Å². The smallest absolute Gasteiger partial charge is 0.0236 e. The molecule has 0 nitrogen and oxygen atoms in total. The van der Waals surface area contributed by atoms with E-state index in [0.717, 1.165) is 47.3 Å². The van der Waals surface area contributed by atoms with E-state index in [4.69, 9.17) is 0 Å².